The van der Waals surface area contributed by atoms with Crippen LogP contribution < -0.4 is 5.32 Å². The van der Waals surface area contributed by atoms with Crippen molar-refractivity contribution in [3.05, 3.63) is 53.2 Å². The molecule has 3 aromatic heterocycles. The number of hydrogen-bond acceptors (Lipinski definition) is 7. The summed E-state index contributed by atoms with van der Waals surface area (Å²) in [6.45, 7) is 11.3. The maximum absolute atomic E-state index is 12.9. The minimum Gasteiger partial charge on any atom is -0.316 e. The summed E-state index contributed by atoms with van der Waals surface area (Å²) < 4.78 is 1.93. The highest BCUT2D eigenvalue weighted by Gasteiger charge is 2.34. The lowest BCUT2D eigenvalue weighted by molar-refractivity contribution is -0.113. The Morgan fingerprint density at radius 1 is 1.40 bits per heavy atom. The molecule has 0 saturated carbocycles. The number of hydrogen-bond donors (Lipinski definition) is 1. The molecule has 0 spiro atoms. The molecule has 1 amide bonds. The summed E-state index contributed by atoms with van der Waals surface area (Å²) >= 11 is 2.88. The van der Waals surface area contributed by atoms with Gasteiger partial charge in [0.1, 0.15) is 11.1 Å². The van der Waals surface area contributed by atoms with Crippen LogP contribution >= 0.6 is 23.1 Å². The fourth-order valence-corrected chi connectivity index (χ4v) is 6.49. The molecule has 0 fully saturated rings. The topological polar surface area (TPSA) is 96.5 Å². The molecule has 0 saturated heterocycles. The molecule has 4 rings (SSSR count). The summed E-state index contributed by atoms with van der Waals surface area (Å²) in [6.07, 6.45) is 9.28. The van der Waals surface area contributed by atoms with Crippen molar-refractivity contribution in [2.75, 3.05) is 11.1 Å². The Bertz CT molecular complexity index is 1250. The van der Waals surface area contributed by atoms with E-state index in [1.807, 2.05) is 16.7 Å². The number of nitriles is 1. The monoisotopic (exact) mass is 506 g/mol. The van der Waals surface area contributed by atoms with Crippen LogP contribution in [-0.2, 0) is 24.2 Å². The Balaban J connectivity index is 1.46. The smallest absolute Gasteiger partial charge is 0.235 e. The fourth-order valence-electron chi connectivity index (χ4n) is 4.44. The third kappa shape index (κ3) is 5.34. The third-order valence-corrected chi connectivity index (χ3v) is 9.08. The first kappa shape index (κ1) is 25.1. The molecule has 0 radical (unpaired) electrons. The standard InChI is InChI=1S/C26H30N6OS2/c1-5-13-32-23(17-9-11-28-12-10-17)30-31-25(32)34-16-22(33)29-24-20(15-27)19-8-7-18(14-21(19)35-24)26(3,4)6-2/h5,9-12,18H,1,6-8,13-14,16H2,2-4H3,(H,29,33). The van der Waals surface area contributed by atoms with Gasteiger partial charge in [-0.2, -0.15) is 5.26 Å². The van der Waals surface area contributed by atoms with Gasteiger partial charge >= 0.3 is 0 Å². The van der Waals surface area contributed by atoms with Crippen LogP contribution in [0.3, 0.4) is 0 Å². The van der Waals surface area contributed by atoms with Crippen molar-refractivity contribution in [1.82, 2.24) is 19.7 Å². The molecule has 1 atom stereocenters. The number of carbonyl (C=O) groups excluding carboxylic acids is 1. The predicted molar refractivity (Wildman–Crippen MR) is 141 cm³/mol. The van der Waals surface area contributed by atoms with E-state index in [1.165, 1.54) is 16.6 Å². The summed E-state index contributed by atoms with van der Waals surface area (Å²) in [5.74, 6) is 1.31. The first-order valence-electron chi connectivity index (χ1n) is 11.8. The Morgan fingerprint density at radius 2 is 2.17 bits per heavy atom. The predicted octanol–water partition coefficient (Wildman–Crippen LogP) is 5.73. The van der Waals surface area contributed by atoms with Gasteiger partial charge in [0.25, 0.3) is 0 Å². The highest BCUT2D eigenvalue weighted by molar-refractivity contribution is 7.99. The van der Waals surface area contributed by atoms with Crippen molar-refractivity contribution in [3.8, 4) is 17.5 Å². The van der Waals surface area contributed by atoms with Crippen LogP contribution in [0.15, 0.2) is 42.3 Å². The van der Waals surface area contributed by atoms with E-state index in [1.54, 1.807) is 29.8 Å². The van der Waals surface area contributed by atoms with Gasteiger partial charge in [-0.05, 0) is 48.3 Å². The zero-order chi connectivity index (χ0) is 25.0. The quantitative estimate of drug-likeness (QED) is 0.294. The number of allylic oxidation sites excluding steroid dienone is 1. The van der Waals surface area contributed by atoms with Crippen LogP contribution in [-0.4, -0.2) is 31.4 Å². The van der Waals surface area contributed by atoms with Crippen molar-refractivity contribution in [1.29, 1.82) is 5.26 Å². The van der Waals surface area contributed by atoms with Gasteiger partial charge < -0.3 is 5.32 Å². The van der Waals surface area contributed by atoms with Gasteiger partial charge in [0, 0.05) is 29.4 Å². The second-order valence-corrected chi connectivity index (χ2v) is 11.4. The molecule has 9 heteroatoms. The van der Waals surface area contributed by atoms with Gasteiger partial charge in [-0.25, -0.2) is 0 Å². The summed E-state index contributed by atoms with van der Waals surface area (Å²) in [5.41, 5.74) is 2.92. The summed E-state index contributed by atoms with van der Waals surface area (Å²) in [4.78, 5) is 18.2. The van der Waals surface area contributed by atoms with Gasteiger partial charge in [0.2, 0.25) is 5.91 Å². The van der Waals surface area contributed by atoms with E-state index >= 15 is 0 Å². The van der Waals surface area contributed by atoms with Crippen LogP contribution in [0.2, 0.25) is 0 Å². The molecular weight excluding hydrogens is 476 g/mol. The average molecular weight is 507 g/mol. The normalized spacial score (nSPS) is 15.3. The molecule has 1 aliphatic rings. The number of pyridine rings is 1. The number of nitrogens with one attached hydrogen (secondary N) is 1. The molecular formula is C26H30N6OS2. The van der Waals surface area contributed by atoms with E-state index < -0.39 is 0 Å². The minimum absolute atomic E-state index is 0.158. The molecule has 0 aliphatic heterocycles. The van der Waals surface area contributed by atoms with E-state index in [-0.39, 0.29) is 17.1 Å². The van der Waals surface area contributed by atoms with Gasteiger partial charge in [0.05, 0.1) is 11.3 Å². The maximum atomic E-state index is 12.9. The second kappa shape index (κ2) is 10.8. The van der Waals surface area contributed by atoms with Crippen LogP contribution in [0.5, 0.6) is 0 Å². The van der Waals surface area contributed by atoms with Gasteiger partial charge in [0.15, 0.2) is 11.0 Å². The van der Waals surface area contributed by atoms with Gasteiger partial charge in [-0.1, -0.05) is 45.0 Å². The highest BCUT2D eigenvalue weighted by Crippen LogP contribution is 2.45. The number of fused-ring (bicyclic) bond motifs is 1. The number of carbonyl (C=O) groups is 1. The van der Waals surface area contributed by atoms with Crippen LogP contribution in [0, 0.1) is 22.7 Å². The molecule has 0 aromatic carbocycles. The Kier molecular flexibility index (Phi) is 7.72. The fraction of sp³-hybridized carbons (Fsp3) is 0.423. The Labute approximate surface area is 214 Å². The molecule has 1 N–H and O–H groups in total. The Morgan fingerprint density at radius 3 is 2.86 bits per heavy atom. The van der Waals surface area contributed by atoms with E-state index in [2.05, 4.69) is 53.9 Å². The zero-order valence-corrected chi connectivity index (χ0v) is 22.0. The number of nitrogens with zero attached hydrogens (tertiary/aromatic N) is 5. The first-order valence-corrected chi connectivity index (χ1v) is 13.6. The lowest BCUT2D eigenvalue weighted by Gasteiger charge is -2.36. The zero-order valence-electron chi connectivity index (χ0n) is 20.4. The van der Waals surface area contributed by atoms with Crippen molar-refractivity contribution in [3.63, 3.8) is 0 Å². The van der Waals surface area contributed by atoms with Crippen molar-refractivity contribution < 1.29 is 4.79 Å². The molecule has 3 aromatic rings. The average Bonchev–Trinajstić information content (AvgIpc) is 3.43. The molecule has 3 heterocycles. The molecule has 182 valence electrons. The highest BCUT2D eigenvalue weighted by atomic mass is 32.2. The van der Waals surface area contributed by atoms with E-state index in [4.69, 9.17) is 0 Å². The largest absolute Gasteiger partial charge is 0.316 e. The summed E-state index contributed by atoms with van der Waals surface area (Å²) in [7, 11) is 0. The number of rotatable bonds is 9. The van der Waals surface area contributed by atoms with Gasteiger partial charge in [-0.15, -0.1) is 28.1 Å². The van der Waals surface area contributed by atoms with E-state index in [0.29, 0.717) is 34.0 Å². The number of anilines is 1. The number of thiophene rings is 1. The van der Waals surface area contributed by atoms with Gasteiger partial charge in [-0.3, -0.25) is 14.3 Å². The number of thioether (sulfide) groups is 1. The lowest BCUT2D eigenvalue weighted by atomic mass is 9.69. The van der Waals surface area contributed by atoms with E-state index in [9.17, 15) is 10.1 Å². The van der Waals surface area contributed by atoms with Crippen LogP contribution in [0.1, 0.15) is 49.6 Å². The van der Waals surface area contributed by atoms with Crippen molar-refractivity contribution in [2.45, 2.75) is 58.2 Å². The van der Waals surface area contributed by atoms with Crippen molar-refractivity contribution >= 4 is 34.0 Å². The summed E-state index contributed by atoms with van der Waals surface area (Å²) in [5, 5.41) is 22.7. The SMILES string of the molecule is C=CCn1c(SCC(=O)Nc2sc3c(c2C#N)CCC(C(C)(C)CC)C3)nnc1-c1ccncc1. The molecule has 0 bridgehead atoms. The minimum atomic E-state index is -0.158. The van der Waals surface area contributed by atoms with E-state index in [0.717, 1.165) is 36.8 Å². The third-order valence-electron chi connectivity index (χ3n) is 6.95. The van der Waals surface area contributed by atoms with Crippen molar-refractivity contribution in [2.24, 2.45) is 11.3 Å². The number of aromatic nitrogens is 4. The lowest BCUT2D eigenvalue weighted by Crippen LogP contribution is -2.28. The number of amides is 1. The molecule has 1 unspecified atom stereocenters. The first-order chi connectivity index (χ1) is 16.9. The Hall–Kier alpha value is -2.96. The maximum Gasteiger partial charge on any atom is 0.235 e. The second-order valence-electron chi connectivity index (χ2n) is 9.38. The van der Waals surface area contributed by atoms with Crippen LogP contribution in [0.4, 0.5) is 5.00 Å². The molecule has 35 heavy (non-hydrogen) atoms. The molecule has 7 nitrogen and oxygen atoms in total. The molecule has 1 aliphatic carbocycles. The van der Waals surface area contributed by atoms with Crippen LogP contribution in [0.25, 0.3) is 11.4 Å². The summed E-state index contributed by atoms with van der Waals surface area (Å²) in [6, 6.07) is 6.09.